The van der Waals surface area contributed by atoms with Gasteiger partial charge in [-0.2, -0.15) is 5.10 Å². The van der Waals surface area contributed by atoms with Gasteiger partial charge in [-0.3, -0.25) is 25.2 Å². The number of unbranched alkanes of at least 4 members (excludes halogenated alkanes) is 1. The first-order valence-electron chi connectivity index (χ1n) is 9.21. The molecule has 2 aromatic rings. The maximum absolute atomic E-state index is 12.6. The number of hydrogen-bond donors (Lipinski definition) is 2. The highest BCUT2D eigenvalue weighted by atomic mass is 16.5. The van der Waals surface area contributed by atoms with Crippen molar-refractivity contribution in [3.8, 4) is 0 Å². The van der Waals surface area contributed by atoms with Gasteiger partial charge in [0.25, 0.3) is 17.4 Å². The lowest BCUT2D eigenvalue weighted by molar-refractivity contribution is -0.132. The van der Waals surface area contributed by atoms with Gasteiger partial charge in [-0.05, 0) is 25.8 Å². The average molecular weight is 374 g/mol. The second kappa shape index (κ2) is 9.82. The van der Waals surface area contributed by atoms with Gasteiger partial charge in [-0.15, -0.1) is 0 Å². The van der Waals surface area contributed by atoms with Crippen LogP contribution >= 0.6 is 0 Å². The quantitative estimate of drug-likeness (QED) is 0.542. The van der Waals surface area contributed by atoms with Crippen LogP contribution in [0, 0.1) is 0 Å². The summed E-state index contributed by atoms with van der Waals surface area (Å²) in [5.41, 5.74) is 4.54. The highest BCUT2D eigenvalue weighted by Gasteiger charge is 2.18. The van der Waals surface area contributed by atoms with Crippen LogP contribution in [-0.2, 0) is 16.1 Å². The van der Waals surface area contributed by atoms with Crippen LogP contribution in [0.15, 0.2) is 29.1 Å². The van der Waals surface area contributed by atoms with Gasteiger partial charge in [-0.1, -0.05) is 38.5 Å². The summed E-state index contributed by atoms with van der Waals surface area (Å²) in [6, 6.07) is 6.78. The minimum Gasteiger partial charge on any atom is -0.369 e. The summed E-state index contributed by atoms with van der Waals surface area (Å²) in [5, 5.41) is 5.03. The Bertz CT molecular complexity index is 862. The highest BCUT2D eigenvalue weighted by Crippen LogP contribution is 2.13. The van der Waals surface area contributed by atoms with Crippen molar-refractivity contribution in [3.05, 3.63) is 40.3 Å². The molecule has 0 aliphatic carbocycles. The summed E-state index contributed by atoms with van der Waals surface area (Å²) in [5.74, 6) is -1.05. The Balaban J connectivity index is 2.16. The van der Waals surface area contributed by atoms with Gasteiger partial charge >= 0.3 is 0 Å². The molecule has 27 heavy (non-hydrogen) atoms. The van der Waals surface area contributed by atoms with Crippen LogP contribution in [0.2, 0.25) is 0 Å². The summed E-state index contributed by atoms with van der Waals surface area (Å²) in [6.07, 6.45) is 1.85. The Morgan fingerprint density at radius 1 is 1.15 bits per heavy atom. The zero-order valence-electron chi connectivity index (χ0n) is 15.9. The number of hydrazine groups is 1. The molecule has 2 amide bonds. The number of aryl methyl sites for hydroxylation is 1. The van der Waals surface area contributed by atoms with E-state index >= 15 is 0 Å². The van der Waals surface area contributed by atoms with Crippen molar-refractivity contribution in [2.75, 3.05) is 6.61 Å². The number of rotatable bonds is 8. The van der Waals surface area contributed by atoms with Gasteiger partial charge in [0, 0.05) is 18.5 Å². The summed E-state index contributed by atoms with van der Waals surface area (Å²) in [6.45, 7) is 6.45. The Hall–Kier alpha value is -2.74. The lowest BCUT2D eigenvalue weighted by Crippen LogP contribution is -2.47. The van der Waals surface area contributed by atoms with Gasteiger partial charge in [0.15, 0.2) is 5.69 Å². The molecule has 0 fully saturated rings. The minimum atomic E-state index is -0.685. The second-order valence-corrected chi connectivity index (χ2v) is 6.23. The van der Waals surface area contributed by atoms with Crippen molar-refractivity contribution in [1.29, 1.82) is 0 Å². The summed E-state index contributed by atoms with van der Waals surface area (Å²) in [4.78, 5) is 37.1. The molecule has 1 aromatic heterocycles. The number of amides is 2. The third-order valence-corrected chi connectivity index (χ3v) is 4.05. The van der Waals surface area contributed by atoms with Crippen LogP contribution < -0.4 is 16.4 Å². The number of fused-ring (bicyclic) bond motifs is 1. The molecule has 1 atom stereocenters. The third-order valence-electron chi connectivity index (χ3n) is 4.05. The molecule has 0 radical (unpaired) electrons. The predicted octanol–water partition coefficient (Wildman–Crippen LogP) is 1.77. The molecule has 0 aliphatic rings. The normalized spacial score (nSPS) is 12.0. The molecular formula is C19H26N4O4. The smallest absolute Gasteiger partial charge is 0.290 e. The molecule has 0 spiro atoms. The molecule has 8 heteroatoms. The lowest BCUT2D eigenvalue weighted by Gasteiger charge is -2.14. The molecule has 2 N–H and O–H groups in total. The largest absolute Gasteiger partial charge is 0.369 e. The van der Waals surface area contributed by atoms with E-state index in [1.807, 2.05) is 13.8 Å². The molecule has 1 aromatic carbocycles. The van der Waals surface area contributed by atoms with Gasteiger partial charge < -0.3 is 4.74 Å². The topological polar surface area (TPSA) is 102 Å². The number of hydrogen-bond acceptors (Lipinski definition) is 5. The molecule has 0 bridgehead atoms. The molecule has 8 nitrogen and oxygen atoms in total. The molecule has 0 saturated carbocycles. The molecule has 0 saturated heterocycles. The number of nitrogens with zero attached hydrogens (tertiary/aromatic N) is 2. The van der Waals surface area contributed by atoms with Crippen LogP contribution in [-0.4, -0.2) is 34.3 Å². The first-order valence-corrected chi connectivity index (χ1v) is 9.21. The van der Waals surface area contributed by atoms with E-state index in [1.54, 1.807) is 31.2 Å². The van der Waals surface area contributed by atoms with Crippen molar-refractivity contribution in [2.24, 2.45) is 0 Å². The average Bonchev–Trinajstić information content (AvgIpc) is 2.68. The Kier molecular flexibility index (Phi) is 7.48. The molecular weight excluding hydrogens is 348 g/mol. The zero-order valence-corrected chi connectivity index (χ0v) is 15.9. The number of benzene rings is 1. The van der Waals surface area contributed by atoms with Crippen LogP contribution in [0.3, 0.4) is 0 Å². The van der Waals surface area contributed by atoms with Gasteiger partial charge in [0.05, 0.1) is 5.39 Å². The highest BCUT2D eigenvalue weighted by molar-refractivity contribution is 6.05. The fourth-order valence-electron chi connectivity index (χ4n) is 2.53. The standard InChI is InChI=1S/C19H26N4O4/c1-4-6-12-27-13(3)17(24)20-21-18(25)16-14-9-7-8-10-15(14)19(26)23(22-16)11-5-2/h7-10,13H,4-6,11-12H2,1-3H3,(H,20,24)(H,21,25). The minimum absolute atomic E-state index is 0.0819. The van der Waals surface area contributed by atoms with Gasteiger partial charge in [0.1, 0.15) is 6.10 Å². The van der Waals surface area contributed by atoms with Crippen molar-refractivity contribution in [2.45, 2.75) is 52.7 Å². The van der Waals surface area contributed by atoms with Crippen molar-refractivity contribution in [3.63, 3.8) is 0 Å². The number of aromatic nitrogens is 2. The predicted molar refractivity (Wildman–Crippen MR) is 102 cm³/mol. The van der Waals surface area contributed by atoms with E-state index in [1.165, 1.54) is 4.68 Å². The SMILES string of the molecule is CCCCOC(C)C(=O)NNC(=O)c1nn(CCC)c(=O)c2ccccc12. The summed E-state index contributed by atoms with van der Waals surface area (Å²) in [7, 11) is 0. The molecule has 0 aliphatic heterocycles. The van der Waals surface area contributed by atoms with Crippen molar-refractivity contribution in [1.82, 2.24) is 20.6 Å². The molecule has 1 unspecified atom stereocenters. The first kappa shape index (κ1) is 20.6. The van der Waals surface area contributed by atoms with E-state index in [9.17, 15) is 14.4 Å². The first-order chi connectivity index (χ1) is 13.0. The Morgan fingerprint density at radius 2 is 1.85 bits per heavy atom. The number of nitrogens with one attached hydrogen (secondary N) is 2. The van der Waals surface area contributed by atoms with Gasteiger partial charge in [-0.25, -0.2) is 4.68 Å². The second-order valence-electron chi connectivity index (χ2n) is 6.23. The van der Waals surface area contributed by atoms with Crippen LogP contribution in [0.5, 0.6) is 0 Å². The summed E-state index contributed by atoms with van der Waals surface area (Å²) >= 11 is 0. The summed E-state index contributed by atoms with van der Waals surface area (Å²) < 4.78 is 6.67. The van der Waals surface area contributed by atoms with Crippen molar-refractivity contribution < 1.29 is 14.3 Å². The zero-order chi connectivity index (χ0) is 19.8. The Morgan fingerprint density at radius 3 is 2.52 bits per heavy atom. The number of carbonyl (C=O) groups excluding carboxylic acids is 2. The molecule has 1 heterocycles. The van der Waals surface area contributed by atoms with E-state index < -0.39 is 17.9 Å². The van der Waals surface area contributed by atoms with Crippen molar-refractivity contribution >= 4 is 22.6 Å². The van der Waals surface area contributed by atoms with Crippen LogP contribution in [0.4, 0.5) is 0 Å². The monoisotopic (exact) mass is 374 g/mol. The maximum Gasteiger partial charge on any atom is 0.290 e. The van der Waals surface area contributed by atoms with Crippen LogP contribution in [0.1, 0.15) is 50.5 Å². The van der Waals surface area contributed by atoms with E-state index in [0.717, 1.165) is 12.8 Å². The molecule has 2 rings (SSSR count). The fourth-order valence-corrected chi connectivity index (χ4v) is 2.53. The molecule has 146 valence electrons. The number of carbonyl (C=O) groups is 2. The van der Waals surface area contributed by atoms with E-state index in [-0.39, 0.29) is 11.3 Å². The maximum atomic E-state index is 12.6. The lowest BCUT2D eigenvalue weighted by atomic mass is 10.1. The van der Waals surface area contributed by atoms with E-state index in [4.69, 9.17) is 4.74 Å². The van der Waals surface area contributed by atoms with Crippen LogP contribution in [0.25, 0.3) is 10.8 Å². The number of ether oxygens (including phenoxy) is 1. The van der Waals surface area contributed by atoms with Gasteiger partial charge in [0.2, 0.25) is 0 Å². The third kappa shape index (κ3) is 5.13. The Labute approximate surface area is 157 Å². The van der Waals surface area contributed by atoms with E-state index in [2.05, 4.69) is 16.0 Å². The fraction of sp³-hybridized carbons (Fsp3) is 0.474. The van der Waals surface area contributed by atoms with E-state index in [0.29, 0.717) is 30.3 Å².